The Bertz CT molecular complexity index is 411. The zero-order chi connectivity index (χ0) is 16.1. The third-order valence-electron chi connectivity index (χ3n) is 4.19. The van der Waals surface area contributed by atoms with Crippen LogP contribution >= 0.6 is 24.0 Å². The highest BCUT2D eigenvalue weighted by Gasteiger charge is 2.27. The number of rotatable bonds is 5. The molecule has 1 amide bonds. The van der Waals surface area contributed by atoms with E-state index >= 15 is 0 Å². The zero-order valence-electron chi connectivity index (χ0n) is 14.7. The Balaban J connectivity index is 0.00000264. The number of likely N-dealkylation sites (N-methyl/N-ethyl adjacent to an activating group) is 1. The maximum Gasteiger partial charge on any atom is 0.243 e. The second-order valence-electron chi connectivity index (χ2n) is 6.89. The lowest BCUT2D eigenvalue weighted by Crippen LogP contribution is -2.49. The molecule has 0 radical (unpaired) electrons. The molecule has 1 saturated heterocycles. The zero-order valence-corrected chi connectivity index (χ0v) is 17.0. The van der Waals surface area contributed by atoms with Gasteiger partial charge in [0.2, 0.25) is 5.91 Å². The summed E-state index contributed by atoms with van der Waals surface area (Å²) in [5.41, 5.74) is 0. The Hall–Kier alpha value is -0.570. The van der Waals surface area contributed by atoms with Crippen molar-refractivity contribution in [1.29, 1.82) is 0 Å². The number of hydrogen-bond acceptors (Lipinski definition) is 3. The van der Waals surface area contributed by atoms with Crippen LogP contribution in [0, 0.1) is 5.92 Å². The van der Waals surface area contributed by atoms with Crippen LogP contribution < -0.4 is 10.6 Å². The van der Waals surface area contributed by atoms with E-state index in [-0.39, 0.29) is 36.4 Å². The van der Waals surface area contributed by atoms with Crippen LogP contribution in [0.5, 0.6) is 0 Å². The number of nitrogens with zero attached hydrogens (tertiary/aromatic N) is 2. The van der Waals surface area contributed by atoms with Crippen molar-refractivity contribution < 1.29 is 9.53 Å². The molecular formula is C16H31IN4O2. The lowest BCUT2D eigenvalue weighted by atomic mass is 9.95. The normalized spacial score (nSPS) is 24.8. The van der Waals surface area contributed by atoms with Crippen molar-refractivity contribution in [2.45, 2.75) is 57.7 Å². The third kappa shape index (κ3) is 7.24. The van der Waals surface area contributed by atoms with Gasteiger partial charge < -0.3 is 20.3 Å². The maximum absolute atomic E-state index is 11.7. The summed E-state index contributed by atoms with van der Waals surface area (Å²) >= 11 is 0. The SMILES string of the molecule is CC(C)C1CC(NC(=NCC(=O)N(C)C)NC2CC2)CCO1.I. The first-order chi connectivity index (χ1) is 10.5. The molecule has 1 saturated carbocycles. The summed E-state index contributed by atoms with van der Waals surface area (Å²) in [6, 6.07) is 0.877. The first-order valence-corrected chi connectivity index (χ1v) is 8.35. The molecule has 2 fully saturated rings. The van der Waals surface area contributed by atoms with Crippen LogP contribution in [-0.2, 0) is 9.53 Å². The van der Waals surface area contributed by atoms with Gasteiger partial charge in [-0.15, -0.1) is 24.0 Å². The number of carbonyl (C=O) groups excluding carboxylic acids is 1. The van der Waals surface area contributed by atoms with Crippen molar-refractivity contribution in [3.05, 3.63) is 0 Å². The molecule has 2 rings (SSSR count). The molecule has 7 heteroatoms. The molecular weight excluding hydrogens is 407 g/mol. The largest absolute Gasteiger partial charge is 0.378 e. The molecule has 134 valence electrons. The first kappa shape index (κ1) is 20.5. The monoisotopic (exact) mass is 438 g/mol. The van der Waals surface area contributed by atoms with Gasteiger partial charge in [-0.2, -0.15) is 0 Å². The summed E-state index contributed by atoms with van der Waals surface area (Å²) in [6.45, 7) is 5.36. The molecule has 23 heavy (non-hydrogen) atoms. The van der Waals surface area contributed by atoms with E-state index in [4.69, 9.17) is 4.74 Å². The number of aliphatic imine (C=N–C) groups is 1. The molecule has 0 aromatic carbocycles. The topological polar surface area (TPSA) is 66.0 Å². The molecule has 2 N–H and O–H groups in total. The highest BCUT2D eigenvalue weighted by molar-refractivity contribution is 14.0. The summed E-state index contributed by atoms with van der Waals surface area (Å²) in [5.74, 6) is 1.31. The van der Waals surface area contributed by atoms with Crippen LogP contribution in [0.2, 0.25) is 0 Å². The van der Waals surface area contributed by atoms with Crippen LogP contribution in [0.25, 0.3) is 0 Å². The van der Waals surface area contributed by atoms with Crippen molar-refractivity contribution in [2.24, 2.45) is 10.9 Å². The van der Waals surface area contributed by atoms with Crippen LogP contribution in [0.3, 0.4) is 0 Å². The number of halogens is 1. The smallest absolute Gasteiger partial charge is 0.243 e. The fraction of sp³-hybridized carbons (Fsp3) is 0.875. The van der Waals surface area contributed by atoms with E-state index in [2.05, 4.69) is 29.5 Å². The van der Waals surface area contributed by atoms with Crippen LogP contribution in [0.15, 0.2) is 4.99 Å². The summed E-state index contributed by atoms with van der Waals surface area (Å²) < 4.78 is 5.81. The third-order valence-corrected chi connectivity index (χ3v) is 4.19. The number of amides is 1. The molecule has 1 aliphatic carbocycles. The lowest BCUT2D eigenvalue weighted by molar-refractivity contribution is -0.127. The number of hydrogen-bond donors (Lipinski definition) is 2. The average molecular weight is 438 g/mol. The number of guanidine groups is 1. The molecule has 1 heterocycles. The fourth-order valence-corrected chi connectivity index (χ4v) is 2.46. The minimum atomic E-state index is 0. The van der Waals surface area contributed by atoms with Gasteiger partial charge in [-0.1, -0.05) is 13.8 Å². The second kappa shape index (κ2) is 9.66. The maximum atomic E-state index is 11.7. The van der Waals surface area contributed by atoms with Gasteiger partial charge in [-0.3, -0.25) is 4.79 Å². The number of ether oxygens (including phenoxy) is 1. The van der Waals surface area contributed by atoms with E-state index in [1.165, 1.54) is 12.8 Å². The lowest BCUT2D eigenvalue weighted by Gasteiger charge is -2.33. The van der Waals surface area contributed by atoms with Crippen molar-refractivity contribution in [2.75, 3.05) is 27.2 Å². The molecule has 2 atom stereocenters. The van der Waals surface area contributed by atoms with Crippen molar-refractivity contribution in [3.8, 4) is 0 Å². The van der Waals surface area contributed by atoms with E-state index < -0.39 is 0 Å². The molecule has 6 nitrogen and oxygen atoms in total. The minimum absolute atomic E-state index is 0. The van der Waals surface area contributed by atoms with Crippen molar-refractivity contribution in [3.63, 3.8) is 0 Å². The predicted octanol–water partition coefficient (Wildman–Crippen LogP) is 1.59. The van der Waals surface area contributed by atoms with Crippen LogP contribution in [0.1, 0.15) is 39.5 Å². The number of nitrogens with one attached hydrogen (secondary N) is 2. The molecule has 1 aliphatic heterocycles. The molecule has 2 unspecified atom stereocenters. The summed E-state index contributed by atoms with van der Waals surface area (Å²) in [4.78, 5) is 17.7. The second-order valence-corrected chi connectivity index (χ2v) is 6.89. The Kier molecular flexibility index (Phi) is 8.60. The Labute approximate surface area is 156 Å². The van der Waals surface area contributed by atoms with Gasteiger partial charge in [-0.25, -0.2) is 4.99 Å². The summed E-state index contributed by atoms with van der Waals surface area (Å²) in [5, 5.41) is 6.90. The summed E-state index contributed by atoms with van der Waals surface area (Å²) in [6.07, 6.45) is 4.65. The highest BCUT2D eigenvalue weighted by Crippen LogP contribution is 2.21. The number of carbonyl (C=O) groups is 1. The van der Waals surface area contributed by atoms with Crippen molar-refractivity contribution in [1.82, 2.24) is 15.5 Å². The van der Waals surface area contributed by atoms with Gasteiger partial charge in [0.05, 0.1) is 6.10 Å². The minimum Gasteiger partial charge on any atom is -0.378 e. The fourth-order valence-electron chi connectivity index (χ4n) is 2.46. The van der Waals surface area contributed by atoms with Gasteiger partial charge in [-0.05, 0) is 31.6 Å². The first-order valence-electron chi connectivity index (χ1n) is 8.35. The summed E-state index contributed by atoms with van der Waals surface area (Å²) in [7, 11) is 3.51. The highest BCUT2D eigenvalue weighted by atomic mass is 127. The van der Waals surface area contributed by atoms with Crippen molar-refractivity contribution >= 4 is 35.8 Å². The molecule has 2 aliphatic rings. The van der Waals surface area contributed by atoms with Gasteiger partial charge in [0.1, 0.15) is 6.54 Å². The van der Waals surface area contributed by atoms with E-state index in [0.29, 0.717) is 24.1 Å². The van der Waals surface area contributed by atoms with Gasteiger partial charge in [0, 0.05) is 32.8 Å². The molecule has 0 spiro atoms. The molecule has 0 aromatic heterocycles. The van der Waals surface area contributed by atoms with E-state index in [1.54, 1.807) is 19.0 Å². The van der Waals surface area contributed by atoms with E-state index in [9.17, 15) is 4.79 Å². The van der Waals surface area contributed by atoms with Gasteiger partial charge >= 0.3 is 0 Å². The quantitative estimate of drug-likeness (QED) is 0.389. The average Bonchev–Trinajstić information content (AvgIpc) is 3.28. The predicted molar refractivity (Wildman–Crippen MR) is 103 cm³/mol. The van der Waals surface area contributed by atoms with E-state index in [0.717, 1.165) is 25.4 Å². The Morgan fingerprint density at radius 2 is 1.87 bits per heavy atom. The molecule has 0 aromatic rings. The van der Waals surface area contributed by atoms with Crippen LogP contribution in [-0.4, -0.2) is 62.2 Å². The van der Waals surface area contributed by atoms with Gasteiger partial charge in [0.15, 0.2) is 5.96 Å². The Morgan fingerprint density at radius 1 is 1.22 bits per heavy atom. The standard InChI is InChI=1S/C16H30N4O2.HI/c1-11(2)14-9-13(7-8-22-14)19-16(18-12-5-6-12)17-10-15(21)20(3)4;/h11-14H,5-10H2,1-4H3,(H2,17,18,19);1H. The van der Waals surface area contributed by atoms with Crippen LogP contribution in [0.4, 0.5) is 0 Å². The Morgan fingerprint density at radius 3 is 2.43 bits per heavy atom. The van der Waals surface area contributed by atoms with Gasteiger partial charge in [0.25, 0.3) is 0 Å². The van der Waals surface area contributed by atoms with E-state index in [1.807, 2.05) is 0 Å². The molecule has 0 bridgehead atoms.